The molecule has 0 aliphatic heterocycles. The summed E-state index contributed by atoms with van der Waals surface area (Å²) in [6, 6.07) is 1.44. The maximum atomic E-state index is 13.9. The van der Waals surface area contributed by atoms with E-state index in [1.165, 1.54) is 0 Å². The predicted octanol–water partition coefficient (Wildman–Crippen LogP) is 1.47. The summed E-state index contributed by atoms with van der Waals surface area (Å²) >= 11 is 0. The lowest BCUT2D eigenvalue weighted by molar-refractivity contribution is 0.198. The number of sulfonamides is 1. The molecule has 0 saturated heterocycles. The Labute approximate surface area is 122 Å². The molecule has 118 valence electrons. The van der Waals surface area contributed by atoms with Gasteiger partial charge in [0.1, 0.15) is 4.90 Å². The Morgan fingerprint density at radius 1 is 1.33 bits per heavy atom. The van der Waals surface area contributed by atoms with Crippen LogP contribution in [0, 0.1) is 11.6 Å². The first-order chi connectivity index (χ1) is 9.87. The number of benzene rings is 1. The van der Waals surface area contributed by atoms with Crippen LogP contribution in [0.5, 0.6) is 0 Å². The van der Waals surface area contributed by atoms with Crippen LogP contribution in [-0.2, 0) is 10.0 Å². The van der Waals surface area contributed by atoms with Gasteiger partial charge in [0.2, 0.25) is 10.0 Å². The Morgan fingerprint density at radius 2 is 2.00 bits per heavy atom. The van der Waals surface area contributed by atoms with E-state index in [0.29, 0.717) is 12.8 Å². The van der Waals surface area contributed by atoms with Crippen molar-refractivity contribution in [2.75, 3.05) is 18.9 Å². The highest BCUT2D eigenvalue weighted by molar-refractivity contribution is 7.89. The number of hydrogen-bond donors (Lipinski definition) is 2. The molecule has 8 heteroatoms. The highest BCUT2D eigenvalue weighted by Gasteiger charge is 2.36. The minimum absolute atomic E-state index is 0.0688. The van der Waals surface area contributed by atoms with Crippen LogP contribution in [0.15, 0.2) is 17.0 Å². The summed E-state index contributed by atoms with van der Waals surface area (Å²) in [6.45, 7) is -0.105. The second-order valence-corrected chi connectivity index (χ2v) is 6.95. The normalized spacial score (nSPS) is 16.2. The first kappa shape index (κ1) is 16.1. The van der Waals surface area contributed by atoms with Crippen LogP contribution in [0.1, 0.15) is 25.7 Å². The lowest BCUT2D eigenvalue weighted by atomic mass is 9.93. The molecule has 1 fully saturated rings. The Hall–Kier alpha value is -1.25. The van der Waals surface area contributed by atoms with Gasteiger partial charge in [-0.3, -0.25) is 0 Å². The Bertz CT molecular complexity index is 618. The van der Waals surface area contributed by atoms with E-state index in [9.17, 15) is 17.2 Å². The summed E-state index contributed by atoms with van der Waals surface area (Å²) in [5.74, 6) is -2.71. The van der Waals surface area contributed by atoms with Gasteiger partial charge >= 0.3 is 0 Å². The molecule has 1 aliphatic carbocycles. The molecular formula is C13H18F2N2O3S. The highest BCUT2D eigenvalue weighted by Crippen LogP contribution is 2.32. The average molecular weight is 320 g/mol. The van der Waals surface area contributed by atoms with Gasteiger partial charge < -0.3 is 10.8 Å². The third kappa shape index (κ3) is 3.17. The number of nitrogens with two attached hydrogens (primary N) is 1. The van der Waals surface area contributed by atoms with Gasteiger partial charge in [-0.1, -0.05) is 6.42 Å². The zero-order valence-electron chi connectivity index (χ0n) is 11.4. The van der Waals surface area contributed by atoms with Crippen LogP contribution < -0.4 is 5.73 Å². The zero-order chi connectivity index (χ0) is 15.6. The van der Waals surface area contributed by atoms with E-state index in [1.54, 1.807) is 0 Å². The molecule has 1 aliphatic rings. The summed E-state index contributed by atoms with van der Waals surface area (Å²) in [5.41, 5.74) is 5.27. The van der Waals surface area contributed by atoms with Gasteiger partial charge in [0.05, 0.1) is 0 Å². The fraction of sp³-hybridized carbons (Fsp3) is 0.538. The van der Waals surface area contributed by atoms with Crippen molar-refractivity contribution >= 4 is 15.7 Å². The molecule has 1 aromatic carbocycles. The quantitative estimate of drug-likeness (QED) is 0.778. The van der Waals surface area contributed by atoms with Gasteiger partial charge in [-0.2, -0.15) is 4.31 Å². The minimum Gasteiger partial charge on any atom is -0.399 e. The van der Waals surface area contributed by atoms with Crippen molar-refractivity contribution in [3.63, 3.8) is 0 Å². The molecule has 2 rings (SSSR count). The van der Waals surface area contributed by atoms with Crippen LogP contribution in [0.3, 0.4) is 0 Å². The lowest BCUT2D eigenvalue weighted by Crippen LogP contribution is -2.45. The van der Waals surface area contributed by atoms with E-state index in [1.807, 2.05) is 0 Å². The van der Waals surface area contributed by atoms with Gasteiger partial charge in [-0.05, 0) is 31.4 Å². The van der Waals surface area contributed by atoms with Crippen LogP contribution in [-0.4, -0.2) is 37.0 Å². The molecule has 0 atom stereocenters. The maximum absolute atomic E-state index is 13.9. The fourth-order valence-corrected chi connectivity index (χ4v) is 4.13. The van der Waals surface area contributed by atoms with E-state index < -0.39 is 26.6 Å². The van der Waals surface area contributed by atoms with Crippen LogP contribution in [0.2, 0.25) is 0 Å². The Morgan fingerprint density at radius 3 is 2.52 bits per heavy atom. The summed E-state index contributed by atoms with van der Waals surface area (Å²) in [7, 11) is -4.18. The molecule has 0 spiro atoms. The summed E-state index contributed by atoms with van der Waals surface area (Å²) in [6.07, 6.45) is 2.49. The number of nitrogen functional groups attached to an aromatic ring is 1. The van der Waals surface area contributed by atoms with Crippen molar-refractivity contribution in [3.05, 3.63) is 23.8 Å². The van der Waals surface area contributed by atoms with Crippen molar-refractivity contribution in [2.24, 2.45) is 0 Å². The van der Waals surface area contributed by atoms with Gasteiger partial charge in [0.15, 0.2) is 11.6 Å². The van der Waals surface area contributed by atoms with Crippen molar-refractivity contribution < 1.29 is 22.3 Å². The third-order valence-corrected chi connectivity index (χ3v) is 5.57. The summed E-state index contributed by atoms with van der Waals surface area (Å²) in [4.78, 5) is -0.746. The summed E-state index contributed by atoms with van der Waals surface area (Å²) in [5, 5.41) is 8.89. The number of halogens is 2. The van der Waals surface area contributed by atoms with Crippen molar-refractivity contribution in [1.82, 2.24) is 4.31 Å². The van der Waals surface area contributed by atoms with Crippen molar-refractivity contribution in [1.29, 1.82) is 0 Å². The van der Waals surface area contributed by atoms with E-state index in [2.05, 4.69) is 0 Å². The number of aliphatic hydroxyl groups is 1. The number of aliphatic hydroxyl groups excluding tert-OH is 1. The second-order valence-electron chi connectivity index (χ2n) is 5.09. The van der Waals surface area contributed by atoms with Crippen LogP contribution in [0.25, 0.3) is 0 Å². The first-order valence-corrected chi connectivity index (χ1v) is 8.19. The van der Waals surface area contributed by atoms with Gasteiger partial charge in [0, 0.05) is 24.9 Å². The minimum atomic E-state index is -4.18. The lowest BCUT2D eigenvalue weighted by Gasteiger charge is -2.36. The zero-order valence-corrected chi connectivity index (χ0v) is 12.2. The fourth-order valence-electron chi connectivity index (χ4n) is 2.30. The van der Waals surface area contributed by atoms with E-state index in [0.717, 1.165) is 22.9 Å². The third-order valence-electron chi connectivity index (χ3n) is 3.62. The van der Waals surface area contributed by atoms with E-state index in [4.69, 9.17) is 10.8 Å². The molecule has 0 bridgehead atoms. The predicted molar refractivity (Wildman–Crippen MR) is 74.0 cm³/mol. The molecule has 0 aromatic heterocycles. The smallest absolute Gasteiger partial charge is 0.246 e. The first-order valence-electron chi connectivity index (χ1n) is 6.75. The Balaban J connectivity index is 2.42. The largest absolute Gasteiger partial charge is 0.399 e. The molecule has 0 unspecified atom stereocenters. The second kappa shape index (κ2) is 6.25. The molecule has 0 radical (unpaired) electrons. The molecule has 5 nitrogen and oxygen atoms in total. The van der Waals surface area contributed by atoms with E-state index >= 15 is 0 Å². The van der Waals surface area contributed by atoms with Crippen LogP contribution in [0.4, 0.5) is 14.5 Å². The maximum Gasteiger partial charge on any atom is 0.246 e. The topological polar surface area (TPSA) is 83.6 Å². The van der Waals surface area contributed by atoms with Gasteiger partial charge in [-0.25, -0.2) is 17.2 Å². The SMILES string of the molecule is Nc1cc(F)c(F)c(S(=O)(=O)N(CCCO)C2CCC2)c1. The highest BCUT2D eigenvalue weighted by atomic mass is 32.2. The van der Waals surface area contributed by atoms with Crippen LogP contribution >= 0.6 is 0 Å². The monoisotopic (exact) mass is 320 g/mol. The number of rotatable bonds is 6. The number of anilines is 1. The standard InChI is InChI=1S/C13H18F2N2O3S/c14-11-7-9(16)8-12(13(11)15)21(19,20)17(5-2-6-18)10-3-1-4-10/h7-8,10,18H,1-6,16H2. The van der Waals surface area contributed by atoms with Crippen molar-refractivity contribution in [3.8, 4) is 0 Å². The van der Waals surface area contributed by atoms with Gasteiger partial charge in [-0.15, -0.1) is 0 Å². The number of nitrogens with zero attached hydrogens (tertiary/aromatic N) is 1. The van der Waals surface area contributed by atoms with E-state index in [-0.39, 0.29) is 31.3 Å². The molecule has 1 aromatic rings. The molecule has 0 amide bonds. The van der Waals surface area contributed by atoms with Crippen molar-refractivity contribution in [2.45, 2.75) is 36.6 Å². The summed E-state index contributed by atoms with van der Waals surface area (Å²) < 4.78 is 53.6. The number of hydrogen-bond acceptors (Lipinski definition) is 4. The molecule has 3 N–H and O–H groups in total. The Kier molecular flexibility index (Phi) is 4.80. The molecule has 21 heavy (non-hydrogen) atoms. The molecule has 1 saturated carbocycles. The van der Waals surface area contributed by atoms with Gasteiger partial charge in [0.25, 0.3) is 0 Å². The molecule has 0 heterocycles. The molecular weight excluding hydrogens is 302 g/mol. The average Bonchev–Trinajstić information content (AvgIpc) is 2.36.